The smallest absolute Gasteiger partial charge is 0.339 e. The summed E-state index contributed by atoms with van der Waals surface area (Å²) in [5.74, 6) is -0.700. The molecular weight excluding hydrogens is 460 g/mol. The van der Waals surface area contributed by atoms with Gasteiger partial charge in [0.2, 0.25) is 5.91 Å². The molecule has 178 valence electrons. The summed E-state index contributed by atoms with van der Waals surface area (Å²) in [7, 11) is -4.10. The first kappa shape index (κ1) is 23.9. The van der Waals surface area contributed by atoms with Crippen LogP contribution in [0.4, 0.5) is 8.78 Å². The van der Waals surface area contributed by atoms with Gasteiger partial charge in [-0.05, 0) is 72.5 Å². The van der Waals surface area contributed by atoms with Crippen LogP contribution in [-0.4, -0.2) is 19.2 Å². The van der Waals surface area contributed by atoms with Crippen LogP contribution in [0.25, 0.3) is 0 Å². The second kappa shape index (κ2) is 10.3. The van der Waals surface area contributed by atoms with Gasteiger partial charge in [0, 0.05) is 19.0 Å². The number of rotatable bonds is 8. The zero-order valence-electron chi connectivity index (χ0n) is 18.5. The summed E-state index contributed by atoms with van der Waals surface area (Å²) in [6, 6.07) is 16.9. The molecule has 0 heterocycles. The molecule has 1 saturated carbocycles. The molecule has 0 unspecified atom stereocenters. The van der Waals surface area contributed by atoms with Crippen LogP contribution in [-0.2, 0) is 28.0 Å². The maximum absolute atomic E-state index is 13.3. The van der Waals surface area contributed by atoms with Gasteiger partial charge in [-0.3, -0.25) is 4.79 Å². The van der Waals surface area contributed by atoms with Crippen molar-refractivity contribution in [2.45, 2.75) is 43.7 Å². The highest BCUT2D eigenvalue weighted by Gasteiger charge is 2.27. The van der Waals surface area contributed by atoms with Crippen LogP contribution in [0, 0.1) is 17.6 Å². The third-order valence-corrected chi connectivity index (χ3v) is 7.17. The van der Waals surface area contributed by atoms with Gasteiger partial charge in [-0.15, -0.1) is 0 Å². The first-order valence-corrected chi connectivity index (χ1v) is 12.5. The van der Waals surface area contributed by atoms with E-state index in [1.807, 2.05) is 0 Å². The van der Waals surface area contributed by atoms with Crippen molar-refractivity contribution in [1.82, 2.24) is 4.90 Å². The Labute approximate surface area is 198 Å². The molecule has 0 bridgehead atoms. The average molecular weight is 486 g/mol. The Bertz CT molecular complexity index is 1220. The third-order valence-electron chi connectivity index (χ3n) is 5.91. The van der Waals surface area contributed by atoms with Gasteiger partial charge in [0.1, 0.15) is 22.3 Å². The van der Waals surface area contributed by atoms with Crippen LogP contribution in [0.3, 0.4) is 0 Å². The van der Waals surface area contributed by atoms with Gasteiger partial charge in [0.15, 0.2) is 0 Å². The van der Waals surface area contributed by atoms with Crippen molar-refractivity contribution in [1.29, 1.82) is 0 Å². The van der Waals surface area contributed by atoms with Crippen LogP contribution in [0.1, 0.15) is 36.8 Å². The molecule has 34 heavy (non-hydrogen) atoms. The van der Waals surface area contributed by atoms with E-state index < -0.39 is 15.9 Å². The van der Waals surface area contributed by atoms with Gasteiger partial charge in [0.25, 0.3) is 0 Å². The number of carbonyl (C=O) groups is 1. The molecule has 4 rings (SSSR count). The Hall–Kier alpha value is -3.26. The van der Waals surface area contributed by atoms with Crippen molar-refractivity contribution < 1.29 is 26.2 Å². The van der Waals surface area contributed by atoms with Crippen molar-refractivity contribution in [2.75, 3.05) is 0 Å². The van der Waals surface area contributed by atoms with Gasteiger partial charge in [-0.2, -0.15) is 8.42 Å². The number of carbonyl (C=O) groups excluding carboxylic acids is 1. The number of halogens is 2. The molecule has 0 aliphatic heterocycles. The fourth-order valence-corrected chi connectivity index (χ4v) is 5.03. The molecule has 1 amide bonds. The first-order chi connectivity index (χ1) is 16.3. The predicted octanol–water partition coefficient (Wildman–Crippen LogP) is 5.45. The first-order valence-electron chi connectivity index (χ1n) is 11.1. The van der Waals surface area contributed by atoms with Crippen LogP contribution in [0.15, 0.2) is 77.7 Å². The van der Waals surface area contributed by atoms with E-state index in [0.29, 0.717) is 13.1 Å². The number of benzene rings is 3. The van der Waals surface area contributed by atoms with Crippen molar-refractivity contribution in [2.24, 2.45) is 5.92 Å². The van der Waals surface area contributed by atoms with Gasteiger partial charge < -0.3 is 9.08 Å². The van der Waals surface area contributed by atoms with E-state index in [9.17, 15) is 22.0 Å². The normalized spacial score (nSPS) is 14.2. The maximum atomic E-state index is 13.3. The van der Waals surface area contributed by atoms with Crippen molar-refractivity contribution in [3.8, 4) is 5.75 Å². The minimum Gasteiger partial charge on any atom is -0.379 e. The maximum Gasteiger partial charge on any atom is 0.339 e. The van der Waals surface area contributed by atoms with E-state index >= 15 is 0 Å². The third kappa shape index (κ3) is 5.99. The Morgan fingerprint density at radius 1 is 0.794 bits per heavy atom. The summed E-state index contributed by atoms with van der Waals surface area (Å²) in [6.45, 7) is 0.685. The van der Waals surface area contributed by atoms with E-state index in [-0.39, 0.29) is 28.3 Å². The van der Waals surface area contributed by atoms with E-state index in [1.54, 1.807) is 29.2 Å². The summed E-state index contributed by atoms with van der Waals surface area (Å²) in [5.41, 5.74) is 1.64. The number of nitrogens with zero attached hydrogens (tertiary/aromatic N) is 1. The average Bonchev–Trinajstić information content (AvgIpc) is 3.36. The zero-order chi connectivity index (χ0) is 24.1. The summed E-state index contributed by atoms with van der Waals surface area (Å²) >= 11 is 0. The van der Waals surface area contributed by atoms with Gasteiger partial charge in [0.05, 0.1) is 0 Å². The lowest BCUT2D eigenvalue weighted by Gasteiger charge is -2.26. The SMILES string of the molecule is O=C(C1CCCC1)N(Cc1ccc(F)cc1)Cc1ccc(OS(=O)(=O)c2ccc(F)cc2)cc1. The fourth-order valence-electron chi connectivity index (χ4n) is 4.10. The second-order valence-corrected chi connectivity index (χ2v) is 9.98. The van der Waals surface area contributed by atoms with E-state index in [0.717, 1.165) is 61.1 Å². The second-order valence-electron chi connectivity index (χ2n) is 8.44. The predicted molar refractivity (Wildman–Crippen MR) is 123 cm³/mol. The fraction of sp³-hybridized carbons (Fsp3) is 0.269. The summed E-state index contributed by atoms with van der Waals surface area (Å²) in [6.07, 6.45) is 3.81. The topological polar surface area (TPSA) is 63.7 Å². The molecule has 0 aromatic heterocycles. The highest BCUT2D eigenvalue weighted by atomic mass is 32.2. The van der Waals surface area contributed by atoms with Crippen LogP contribution in [0.5, 0.6) is 5.75 Å². The molecule has 5 nitrogen and oxygen atoms in total. The van der Waals surface area contributed by atoms with Crippen molar-refractivity contribution >= 4 is 16.0 Å². The Morgan fingerprint density at radius 3 is 1.79 bits per heavy atom. The highest BCUT2D eigenvalue weighted by Crippen LogP contribution is 2.28. The lowest BCUT2D eigenvalue weighted by atomic mass is 10.0. The Balaban J connectivity index is 1.48. The Kier molecular flexibility index (Phi) is 7.26. The molecule has 3 aromatic carbocycles. The van der Waals surface area contributed by atoms with E-state index in [1.165, 1.54) is 24.3 Å². The molecule has 0 atom stereocenters. The molecule has 1 aliphatic rings. The minimum atomic E-state index is -4.10. The van der Waals surface area contributed by atoms with Gasteiger partial charge in [-0.1, -0.05) is 37.1 Å². The van der Waals surface area contributed by atoms with Crippen LogP contribution >= 0.6 is 0 Å². The van der Waals surface area contributed by atoms with Gasteiger partial charge in [-0.25, -0.2) is 8.78 Å². The molecule has 0 saturated heterocycles. The molecule has 0 N–H and O–H groups in total. The molecule has 1 fully saturated rings. The number of hydrogen-bond acceptors (Lipinski definition) is 4. The summed E-state index contributed by atoms with van der Waals surface area (Å²) in [5, 5.41) is 0. The number of hydrogen-bond donors (Lipinski definition) is 0. The van der Waals surface area contributed by atoms with Gasteiger partial charge >= 0.3 is 10.1 Å². The lowest BCUT2D eigenvalue weighted by molar-refractivity contribution is -0.136. The standard InChI is InChI=1S/C26H25F2NO4S/c27-22-9-5-19(6-10-22)17-29(26(30)21-3-1-2-4-21)18-20-7-13-24(14-8-20)33-34(31,32)25-15-11-23(28)12-16-25/h5-16,21H,1-4,17-18H2. The minimum absolute atomic E-state index is 0.0103. The molecule has 0 spiro atoms. The van der Waals surface area contributed by atoms with Crippen molar-refractivity contribution in [3.05, 3.63) is 95.6 Å². The highest BCUT2D eigenvalue weighted by molar-refractivity contribution is 7.87. The Morgan fingerprint density at radius 2 is 1.26 bits per heavy atom. The number of amides is 1. The van der Waals surface area contributed by atoms with Crippen molar-refractivity contribution in [3.63, 3.8) is 0 Å². The monoisotopic (exact) mass is 485 g/mol. The van der Waals surface area contributed by atoms with Crippen LogP contribution < -0.4 is 4.18 Å². The summed E-state index contributed by atoms with van der Waals surface area (Å²) < 4.78 is 56.4. The molecule has 3 aromatic rings. The van der Waals surface area contributed by atoms with Crippen LogP contribution in [0.2, 0.25) is 0 Å². The zero-order valence-corrected chi connectivity index (χ0v) is 19.3. The van der Waals surface area contributed by atoms with E-state index in [4.69, 9.17) is 4.18 Å². The quantitative estimate of drug-likeness (QED) is 0.398. The lowest BCUT2D eigenvalue weighted by Crippen LogP contribution is -2.34. The molecular formula is C26H25F2NO4S. The molecule has 1 aliphatic carbocycles. The van der Waals surface area contributed by atoms with E-state index in [2.05, 4.69) is 0 Å². The molecule has 0 radical (unpaired) electrons. The largest absolute Gasteiger partial charge is 0.379 e. The summed E-state index contributed by atoms with van der Waals surface area (Å²) in [4.78, 5) is 14.8. The molecule has 8 heteroatoms.